The van der Waals surface area contributed by atoms with Crippen LogP contribution in [0.5, 0.6) is 0 Å². The Morgan fingerprint density at radius 2 is 1.57 bits per heavy atom. The third-order valence-electron chi connectivity index (χ3n) is 5.83. The maximum Gasteiger partial charge on any atom is 0.261 e. The summed E-state index contributed by atoms with van der Waals surface area (Å²) in [6.07, 6.45) is 1.66. The normalized spacial score (nSPS) is 18.5. The molecule has 0 unspecified atom stereocenters. The number of amides is 2. The van der Waals surface area contributed by atoms with E-state index < -0.39 is 6.10 Å². The highest BCUT2D eigenvalue weighted by molar-refractivity contribution is 6.21. The molecule has 5 heteroatoms. The monoisotopic (exact) mass is 378 g/mol. The number of β-amino-alcohol motifs (C(OH)–C–C–N with tert-alkyl or cyclic N) is 1. The molecule has 28 heavy (non-hydrogen) atoms. The number of aliphatic hydroxyl groups excluding tert-OH is 1. The van der Waals surface area contributed by atoms with Crippen LogP contribution in [0.3, 0.4) is 0 Å². The number of hydrogen-bond acceptors (Lipinski definition) is 4. The van der Waals surface area contributed by atoms with Gasteiger partial charge in [0, 0.05) is 19.1 Å². The molecule has 1 aliphatic heterocycles. The van der Waals surface area contributed by atoms with Crippen molar-refractivity contribution in [2.24, 2.45) is 5.92 Å². The van der Waals surface area contributed by atoms with Crippen molar-refractivity contribution >= 4 is 11.8 Å². The van der Waals surface area contributed by atoms with Gasteiger partial charge in [-0.2, -0.15) is 0 Å². The number of hydrogen-bond donors (Lipinski definition) is 1. The van der Waals surface area contributed by atoms with Crippen molar-refractivity contribution in [3.8, 4) is 0 Å². The van der Waals surface area contributed by atoms with E-state index in [-0.39, 0.29) is 18.4 Å². The van der Waals surface area contributed by atoms with E-state index in [0.717, 1.165) is 6.54 Å². The average molecular weight is 378 g/mol. The van der Waals surface area contributed by atoms with Gasteiger partial charge in [-0.3, -0.25) is 19.4 Å². The van der Waals surface area contributed by atoms with Crippen LogP contribution in [0, 0.1) is 5.92 Å². The number of carbonyl (C=O) groups is 2. The molecular formula is C23H26N2O3. The molecule has 4 rings (SSSR count). The minimum atomic E-state index is -0.785. The molecule has 2 aromatic carbocycles. The lowest BCUT2D eigenvalue weighted by atomic mass is 10.1. The van der Waals surface area contributed by atoms with Gasteiger partial charge < -0.3 is 5.11 Å². The molecule has 5 nitrogen and oxygen atoms in total. The number of fused-ring (bicyclic) bond motifs is 1. The zero-order chi connectivity index (χ0) is 19.7. The fraction of sp³-hybridized carbons (Fsp3) is 0.391. The average Bonchev–Trinajstić information content (AvgIpc) is 3.53. The Bertz CT molecular complexity index is 828. The molecule has 0 spiro atoms. The Morgan fingerprint density at radius 3 is 2.14 bits per heavy atom. The van der Waals surface area contributed by atoms with E-state index in [1.807, 2.05) is 18.2 Å². The molecule has 0 saturated heterocycles. The molecule has 2 atom stereocenters. The van der Waals surface area contributed by atoms with Crippen LogP contribution in [0.2, 0.25) is 0 Å². The van der Waals surface area contributed by atoms with E-state index in [2.05, 4.69) is 24.0 Å². The highest BCUT2D eigenvalue weighted by Gasteiger charge is 2.37. The Labute approximate surface area is 165 Å². The van der Waals surface area contributed by atoms with Crippen LogP contribution in [0.15, 0.2) is 54.6 Å². The largest absolute Gasteiger partial charge is 0.390 e. The van der Waals surface area contributed by atoms with Crippen molar-refractivity contribution in [3.63, 3.8) is 0 Å². The van der Waals surface area contributed by atoms with E-state index in [9.17, 15) is 14.7 Å². The summed E-state index contributed by atoms with van der Waals surface area (Å²) in [7, 11) is 0. The van der Waals surface area contributed by atoms with Gasteiger partial charge in [0.2, 0.25) is 0 Å². The molecular weight excluding hydrogens is 352 g/mol. The molecule has 2 aromatic rings. The lowest BCUT2D eigenvalue weighted by Gasteiger charge is -2.32. The summed E-state index contributed by atoms with van der Waals surface area (Å²) in [4.78, 5) is 28.6. The highest BCUT2D eigenvalue weighted by Crippen LogP contribution is 2.35. The van der Waals surface area contributed by atoms with E-state index in [1.165, 1.54) is 23.3 Å². The fourth-order valence-electron chi connectivity index (χ4n) is 4.01. The number of aliphatic hydroxyl groups is 1. The molecule has 1 N–H and O–H groups in total. The van der Waals surface area contributed by atoms with E-state index in [1.54, 1.807) is 24.3 Å². The SMILES string of the molecule is C[C@H](C1CC1)N(Cc1ccccc1)C[C@H](O)CN1C(=O)c2ccccc2C1=O. The zero-order valence-corrected chi connectivity index (χ0v) is 16.1. The van der Waals surface area contributed by atoms with Crippen LogP contribution in [0.4, 0.5) is 0 Å². The smallest absolute Gasteiger partial charge is 0.261 e. The lowest BCUT2D eigenvalue weighted by Crippen LogP contribution is -2.45. The topological polar surface area (TPSA) is 60.9 Å². The van der Waals surface area contributed by atoms with Gasteiger partial charge in [0.25, 0.3) is 11.8 Å². The number of benzene rings is 2. The summed E-state index contributed by atoms with van der Waals surface area (Å²) in [6, 6.07) is 17.4. The van der Waals surface area contributed by atoms with Gasteiger partial charge in [-0.05, 0) is 43.4 Å². The predicted molar refractivity (Wildman–Crippen MR) is 107 cm³/mol. The standard InChI is InChI=1S/C23H26N2O3/c1-16(18-11-12-18)24(13-17-7-3-2-4-8-17)14-19(26)15-25-22(27)20-9-5-6-10-21(20)23(25)28/h2-10,16,18-19,26H,11-15H2,1H3/t16-,19+/m1/s1. The highest BCUT2D eigenvalue weighted by atomic mass is 16.3. The maximum absolute atomic E-state index is 12.6. The summed E-state index contributed by atoms with van der Waals surface area (Å²) in [5, 5.41) is 10.7. The summed E-state index contributed by atoms with van der Waals surface area (Å²) in [5.74, 6) is 0.0317. The van der Waals surface area contributed by atoms with E-state index >= 15 is 0 Å². The molecule has 2 aliphatic rings. The molecule has 1 aliphatic carbocycles. The number of imide groups is 1. The van der Waals surface area contributed by atoms with Gasteiger partial charge in [-0.25, -0.2) is 0 Å². The minimum absolute atomic E-state index is 0.0228. The van der Waals surface area contributed by atoms with Crippen LogP contribution < -0.4 is 0 Å². The zero-order valence-electron chi connectivity index (χ0n) is 16.1. The Hall–Kier alpha value is -2.50. The fourth-order valence-corrected chi connectivity index (χ4v) is 4.01. The molecule has 146 valence electrons. The maximum atomic E-state index is 12.6. The third-order valence-corrected chi connectivity index (χ3v) is 5.83. The Morgan fingerprint density at radius 1 is 1.00 bits per heavy atom. The van der Waals surface area contributed by atoms with Gasteiger partial charge in [0.05, 0.1) is 23.8 Å². The van der Waals surface area contributed by atoms with Gasteiger partial charge in [-0.1, -0.05) is 42.5 Å². The number of rotatable bonds is 8. The van der Waals surface area contributed by atoms with Crippen molar-refractivity contribution in [2.45, 2.75) is 38.5 Å². The molecule has 0 radical (unpaired) electrons. The second kappa shape index (κ2) is 7.86. The Balaban J connectivity index is 1.44. The first kappa shape index (κ1) is 18.8. The number of carbonyl (C=O) groups excluding carboxylic acids is 2. The predicted octanol–water partition coefficient (Wildman–Crippen LogP) is 2.94. The van der Waals surface area contributed by atoms with Crippen molar-refractivity contribution in [2.75, 3.05) is 13.1 Å². The first-order valence-corrected chi connectivity index (χ1v) is 9.96. The summed E-state index contributed by atoms with van der Waals surface area (Å²) in [6.45, 7) is 3.40. The van der Waals surface area contributed by atoms with Crippen LogP contribution >= 0.6 is 0 Å². The van der Waals surface area contributed by atoms with Crippen molar-refractivity contribution < 1.29 is 14.7 Å². The van der Waals surface area contributed by atoms with Crippen LogP contribution in [-0.4, -0.2) is 52.0 Å². The molecule has 0 bridgehead atoms. The first-order valence-electron chi connectivity index (χ1n) is 9.96. The lowest BCUT2D eigenvalue weighted by molar-refractivity contribution is 0.0402. The van der Waals surface area contributed by atoms with Gasteiger partial charge >= 0.3 is 0 Å². The summed E-state index contributed by atoms with van der Waals surface area (Å²) in [5.41, 5.74) is 2.04. The molecule has 1 fully saturated rings. The molecule has 1 heterocycles. The van der Waals surface area contributed by atoms with Crippen molar-refractivity contribution in [1.29, 1.82) is 0 Å². The van der Waals surface area contributed by atoms with Crippen LogP contribution in [0.1, 0.15) is 46.0 Å². The molecule has 1 saturated carbocycles. The molecule has 2 amide bonds. The van der Waals surface area contributed by atoms with Gasteiger partial charge in [0.15, 0.2) is 0 Å². The van der Waals surface area contributed by atoms with Crippen molar-refractivity contribution in [1.82, 2.24) is 9.80 Å². The van der Waals surface area contributed by atoms with Gasteiger partial charge in [0.1, 0.15) is 0 Å². The first-order chi connectivity index (χ1) is 13.5. The van der Waals surface area contributed by atoms with Crippen LogP contribution in [-0.2, 0) is 6.54 Å². The third kappa shape index (κ3) is 3.86. The molecule has 0 aromatic heterocycles. The second-order valence-corrected chi connectivity index (χ2v) is 7.91. The van der Waals surface area contributed by atoms with E-state index in [0.29, 0.717) is 29.6 Å². The van der Waals surface area contributed by atoms with Crippen LogP contribution in [0.25, 0.3) is 0 Å². The van der Waals surface area contributed by atoms with E-state index in [4.69, 9.17) is 0 Å². The summed E-state index contributed by atoms with van der Waals surface area (Å²) >= 11 is 0. The minimum Gasteiger partial charge on any atom is -0.390 e. The number of nitrogens with zero attached hydrogens (tertiary/aromatic N) is 2. The summed E-state index contributed by atoms with van der Waals surface area (Å²) < 4.78 is 0. The Kier molecular flexibility index (Phi) is 5.29. The quantitative estimate of drug-likeness (QED) is 0.718. The van der Waals surface area contributed by atoms with Crippen molar-refractivity contribution in [3.05, 3.63) is 71.3 Å². The van der Waals surface area contributed by atoms with Gasteiger partial charge in [-0.15, -0.1) is 0 Å². The second-order valence-electron chi connectivity index (χ2n) is 7.91.